The first-order valence-electron chi connectivity index (χ1n) is 9.25. The van der Waals surface area contributed by atoms with Crippen LogP contribution in [-0.2, 0) is 4.79 Å². The molecule has 2 aromatic rings. The summed E-state index contributed by atoms with van der Waals surface area (Å²) in [6.45, 7) is 3.93. The monoisotopic (exact) mass is 355 g/mol. The largest absolute Gasteiger partial charge is 0.371 e. The van der Waals surface area contributed by atoms with Gasteiger partial charge in [0, 0.05) is 61.4 Å². The van der Waals surface area contributed by atoms with Crippen LogP contribution in [0.25, 0.3) is 10.9 Å². The van der Waals surface area contributed by atoms with Gasteiger partial charge in [-0.2, -0.15) is 11.8 Å². The van der Waals surface area contributed by atoms with Crippen LogP contribution in [0, 0.1) is 5.92 Å². The van der Waals surface area contributed by atoms with Crippen molar-refractivity contribution in [2.75, 3.05) is 42.6 Å². The summed E-state index contributed by atoms with van der Waals surface area (Å²) in [5.74, 6) is 3.10. The van der Waals surface area contributed by atoms with Crippen molar-refractivity contribution in [3.05, 3.63) is 36.5 Å². The van der Waals surface area contributed by atoms with Crippen molar-refractivity contribution in [1.29, 1.82) is 0 Å². The van der Waals surface area contributed by atoms with E-state index in [1.54, 1.807) is 0 Å². The highest BCUT2D eigenvalue weighted by atomic mass is 32.2. The van der Waals surface area contributed by atoms with Crippen molar-refractivity contribution in [1.82, 2.24) is 9.88 Å². The molecule has 0 spiro atoms. The maximum atomic E-state index is 12.5. The third-order valence-corrected chi connectivity index (χ3v) is 6.35. The summed E-state index contributed by atoms with van der Waals surface area (Å²) in [4.78, 5) is 21.5. The Morgan fingerprint density at radius 2 is 1.84 bits per heavy atom. The quantitative estimate of drug-likeness (QED) is 0.845. The number of benzene rings is 1. The van der Waals surface area contributed by atoms with Crippen LogP contribution in [0.15, 0.2) is 36.5 Å². The molecule has 0 saturated carbocycles. The summed E-state index contributed by atoms with van der Waals surface area (Å²) in [6, 6.07) is 10.5. The second kappa shape index (κ2) is 7.65. The second-order valence-corrected chi connectivity index (χ2v) is 8.20. The Labute approximate surface area is 153 Å². The molecule has 3 heterocycles. The summed E-state index contributed by atoms with van der Waals surface area (Å²) in [6.07, 6.45) is 4.84. The summed E-state index contributed by atoms with van der Waals surface area (Å²) in [7, 11) is 0. The predicted molar refractivity (Wildman–Crippen MR) is 105 cm³/mol. The minimum absolute atomic E-state index is 0.369. The zero-order chi connectivity index (χ0) is 17.1. The van der Waals surface area contributed by atoms with Gasteiger partial charge < -0.3 is 9.80 Å². The first kappa shape index (κ1) is 16.7. The number of hydrogen-bond donors (Lipinski definition) is 0. The summed E-state index contributed by atoms with van der Waals surface area (Å²) in [5, 5.41) is 1.23. The van der Waals surface area contributed by atoms with E-state index in [0.29, 0.717) is 11.8 Å². The molecule has 1 amide bonds. The molecule has 0 radical (unpaired) electrons. The van der Waals surface area contributed by atoms with Crippen molar-refractivity contribution in [2.24, 2.45) is 5.92 Å². The molecule has 2 fully saturated rings. The molecule has 1 aromatic carbocycles. The Bertz CT molecular complexity index is 731. The van der Waals surface area contributed by atoms with E-state index in [4.69, 9.17) is 0 Å². The maximum Gasteiger partial charge on any atom is 0.222 e. The van der Waals surface area contributed by atoms with E-state index in [1.165, 1.54) is 11.1 Å². The van der Waals surface area contributed by atoms with Gasteiger partial charge in [0.15, 0.2) is 0 Å². The molecule has 0 bridgehead atoms. The highest BCUT2D eigenvalue weighted by Crippen LogP contribution is 2.30. The molecular weight excluding hydrogens is 330 g/mol. The van der Waals surface area contributed by atoms with Crippen LogP contribution in [0.3, 0.4) is 0 Å². The maximum absolute atomic E-state index is 12.5. The van der Waals surface area contributed by atoms with Crippen molar-refractivity contribution in [3.63, 3.8) is 0 Å². The Kier molecular flexibility index (Phi) is 5.11. The van der Waals surface area contributed by atoms with E-state index in [9.17, 15) is 4.79 Å². The Balaban J connectivity index is 1.37. The molecule has 1 aromatic heterocycles. The fourth-order valence-electron chi connectivity index (χ4n) is 3.92. The molecule has 25 heavy (non-hydrogen) atoms. The van der Waals surface area contributed by atoms with E-state index in [0.717, 1.165) is 62.5 Å². The van der Waals surface area contributed by atoms with Crippen molar-refractivity contribution < 1.29 is 4.79 Å². The lowest BCUT2D eigenvalue weighted by Gasteiger charge is -2.35. The van der Waals surface area contributed by atoms with Gasteiger partial charge in [-0.15, -0.1) is 0 Å². The van der Waals surface area contributed by atoms with E-state index in [2.05, 4.69) is 39.0 Å². The number of fused-ring (bicyclic) bond motifs is 1. The number of anilines is 1. The number of rotatable bonds is 3. The van der Waals surface area contributed by atoms with Gasteiger partial charge in [0.2, 0.25) is 5.91 Å². The SMILES string of the molecule is O=C(CC1CCN(c2ccnc3ccccc23)CC1)N1CCSCC1. The normalized spacial score (nSPS) is 19.4. The lowest BCUT2D eigenvalue weighted by molar-refractivity contribution is -0.132. The fraction of sp³-hybridized carbons (Fsp3) is 0.500. The first-order chi connectivity index (χ1) is 12.3. The number of hydrogen-bond acceptors (Lipinski definition) is 4. The Hall–Kier alpha value is -1.75. The molecule has 2 saturated heterocycles. The average Bonchev–Trinajstić information content (AvgIpc) is 2.69. The van der Waals surface area contributed by atoms with E-state index in [1.807, 2.05) is 24.0 Å². The molecular formula is C20H25N3OS. The Morgan fingerprint density at radius 1 is 1.08 bits per heavy atom. The van der Waals surface area contributed by atoms with Gasteiger partial charge >= 0.3 is 0 Å². The van der Waals surface area contributed by atoms with E-state index < -0.39 is 0 Å². The van der Waals surface area contributed by atoms with Gasteiger partial charge in [0.05, 0.1) is 5.52 Å². The number of carbonyl (C=O) groups is 1. The van der Waals surface area contributed by atoms with Crippen LogP contribution in [0.1, 0.15) is 19.3 Å². The van der Waals surface area contributed by atoms with Crippen molar-refractivity contribution >= 4 is 34.3 Å². The highest BCUT2D eigenvalue weighted by molar-refractivity contribution is 7.99. The van der Waals surface area contributed by atoms with Crippen LogP contribution in [-0.4, -0.2) is 53.5 Å². The topological polar surface area (TPSA) is 36.4 Å². The molecule has 132 valence electrons. The van der Waals surface area contributed by atoms with Crippen LogP contribution in [0.5, 0.6) is 0 Å². The van der Waals surface area contributed by atoms with Gasteiger partial charge in [-0.1, -0.05) is 18.2 Å². The molecule has 0 atom stereocenters. The van der Waals surface area contributed by atoms with Crippen LogP contribution < -0.4 is 4.90 Å². The molecule has 2 aliphatic heterocycles. The molecule has 2 aliphatic rings. The third-order valence-electron chi connectivity index (χ3n) is 5.41. The van der Waals surface area contributed by atoms with Gasteiger partial charge in [-0.05, 0) is 30.9 Å². The molecule has 0 aliphatic carbocycles. The summed E-state index contributed by atoms with van der Waals surface area (Å²) >= 11 is 1.96. The third kappa shape index (κ3) is 3.76. The number of nitrogens with zero attached hydrogens (tertiary/aromatic N) is 3. The Morgan fingerprint density at radius 3 is 2.64 bits per heavy atom. The highest BCUT2D eigenvalue weighted by Gasteiger charge is 2.25. The minimum atomic E-state index is 0.369. The van der Waals surface area contributed by atoms with Crippen molar-refractivity contribution in [2.45, 2.75) is 19.3 Å². The first-order valence-corrected chi connectivity index (χ1v) is 10.4. The smallest absolute Gasteiger partial charge is 0.222 e. The lowest BCUT2D eigenvalue weighted by atomic mass is 9.92. The number of piperidine rings is 1. The van der Waals surface area contributed by atoms with Crippen molar-refractivity contribution in [3.8, 4) is 0 Å². The predicted octanol–water partition coefficient (Wildman–Crippen LogP) is 3.42. The number of aromatic nitrogens is 1. The number of carbonyl (C=O) groups excluding carboxylic acids is 1. The zero-order valence-corrected chi connectivity index (χ0v) is 15.4. The second-order valence-electron chi connectivity index (χ2n) is 6.97. The molecule has 0 unspecified atom stereocenters. The van der Waals surface area contributed by atoms with Gasteiger partial charge in [-0.3, -0.25) is 9.78 Å². The standard InChI is InChI=1S/C20H25N3OS/c24-20(23-11-13-25-14-12-23)15-16-6-9-22(10-7-16)19-5-8-21-18-4-2-1-3-17(18)19/h1-5,8,16H,6-7,9-15H2. The average molecular weight is 356 g/mol. The van der Waals surface area contributed by atoms with Gasteiger partial charge in [0.25, 0.3) is 0 Å². The molecule has 0 N–H and O–H groups in total. The number of pyridine rings is 1. The molecule has 5 heteroatoms. The van der Waals surface area contributed by atoms with E-state index >= 15 is 0 Å². The van der Waals surface area contributed by atoms with Gasteiger partial charge in [-0.25, -0.2) is 0 Å². The van der Waals surface area contributed by atoms with E-state index in [-0.39, 0.29) is 0 Å². The summed E-state index contributed by atoms with van der Waals surface area (Å²) in [5.41, 5.74) is 2.34. The van der Waals surface area contributed by atoms with Crippen LogP contribution in [0.2, 0.25) is 0 Å². The zero-order valence-electron chi connectivity index (χ0n) is 14.6. The molecule has 4 rings (SSSR count). The lowest BCUT2D eigenvalue weighted by Crippen LogP contribution is -2.40. The number of para-hydroxylation sites is 1. The number of amides is 1. The summed E-state index contributed by atoms with van der Waals surface area (Å²) < 4.78 is 0. The van der Waals surface area contributed by atoms with Crippen LogP contribution in [0.4, 0.5) is 5.69 Å². The number of thioether (sulfide) groups is 1. The fourth-order valence-corrected chi connectivity index (χ4v) is 4.83. The van der Waals surface area contributed by atoms with Gasteiger partial charge in [0.1, 0.15) is 0 Å². The minimum Gasteiger partial charge on any atom is -0.371 e. The van der Waals surface area contributed by atoms with Crippen LogP contribution >= 0.6 is 11.8 Å². The molecule has 4 nitrogen and oxygen atoms in total.